The molecule has 1 amide bonds. The van der Waals surface area contributed by atoms with Gasteiger partial charge in [0.2, 0.25) is 0 Å². The maximum atomic E-state index is 12.3. The Labute approximate surface area is 124 Å². The van der Waals surface area contributed by atoms with Crippen LogP contribution in [0.1, 0.15) is 22.0 Å². The van der Waals surface area contributed by atoms with Crippen LogP contribution >= 0.6 is 27.5 Å². The van der Waals surface area contributed by atoms with Crippen molar-refractivity contribution in [1.82, 2.24) is 20.1 Å². The number of hydrogen-bond acceptors (Lipinski definition) is 3. The molecule has 1 N–H and O–H groups in total. The second kappa shape index (κ2) is 5.71. The minimum absolute atomic E-state index is 0.142. The first kappa shape index (κ1) is 14.0. The fourth-order valence-corrected chi connectivity index (χ4v) is 2.20. The average Bonchev–Trinajstić information content (AvgIpc) is 2.77. The molecule has 5 nitrogen and oxygen atoms in total. The fourth-order valence-electron chi connectivity index (χ4n) is 1.61. The predicted molar refractivity (Wildman–Crippen MR) is 76.1 cm³/mol. The largest absolute Gasteiger partial charge is 0.334 e. The standard InChI is InChI=1S/C12H12BrClN4O/c1-7-15-11(17-16-7)6-18(2)12(19)9-5-8(14)3-4-10(9)13/h3-5H,6H2,1-2H3,(H,15,16,17). The number of carbonyl (C=O) groups excluding carboxylic acids is 1. The maximum absolute atomic E-state index is 12.3. The van der Waals surface area contributed by atoms with Gasteiger partial charge in [0.15, 0.2) is 5.82 Å². The van der Waals surface area contributed by atoms with E-state index in [2.05, 4.69) is 31.1 Å². The number of aryl methyl sites for hydroxylation is 1. The number of H-pyrrole nitrogens is 1. The number of nitrogens with one attached hydrogen (secondary N) is 1. The molecule has 0 spiro atoms. The van der Waals surface area contributed by atoms with E-state index in [0.29, 0.717) is 27.4 Å². The van der Waals surface area contributed by atoms with Gasteiger partial charge in [0.1, 0.15) is 5.82 Å². The van der Waals surface area contributed by atoms with Gasteiger partial charge in [-0.2, -0.15) is 5.10 Å². The zero-order valence-electron chi connectivity index (χ0n) is 10.4. The Morgan fingerprint density at radius 3 is 2.89 bits per heavy atom. The van der Waals surface area contributed by atoms with Crippen molar-refractivity contribution in [3.8, 4) is 0 Å². The van der Waals surface area contributed by atoms with E-state index in [-0.39, 0.29) is 5.91 Å². The predicted octanol–water partition coefficient (Wildman–Crippen LogP) is 2.80. The van der Waals surface area contributed by atoms with Crippen LogP contribution in [-0.2, 0) is 6.54 Å². The molecule has 2 rings (SSSR count). The molecular weight excluding hydrogens is 332 g/mol. The van der Waals surface area contributed by atoms with Gasteiger partial charge in [-0.3, -0.25) is 9.89 Å². The summed E-state index contributed by atoms with van der Waals surface area (Å²) in [6.45, 7) is 2.15. The van der Waals surface area contributed by atoms with Gasteiger partial charge in [0.05, 0.1) is 12.1 Å². The van der Waals surface area contributed by atoms with Crippen molar-refractivity contribution in [2.45, 2.75) is 13.5 Å². The summed E-state index contributed by atoms with van der Waals surface area (Å²) in [5, 5.41) is 7.27. The molecule has 2 aromatic rings. The molecule has 0 aliphatic carbocycles. The summed E-state index contributed by atoms with van der Waals surface area (Å²) in [5.41, 5.74) is 0.516. The molecule has 0 saturated heterocycles. The molecule has 0 fully saturated rings. The number of aromatic nitrogens is 3. The van der Waals surface area contributed by atoms with E-state index in [9.17, 15) is 4.79 Å². The number of rotatable bonds is 3. The zero-order valence-corrected chi connectivity index (χ0v) is 12.8. The minimum atomic E-state index is -0.142. The number of halogens is 2. The molecule has 1 aromatic heterocycles. The van der Waals surface area contributed by atoms with Gasteiger partial charge in [-0.15, -0.1) is 0 Å². The second-order valence-corrected chi connectivity index (χ2v) is 5.41. The Balaban J connectivity index is 2.16. The first-order valence-corrected chi connectivity index (χ1v) is 6.73. The molecule has 19 heavy (non-hydrogen) atoms. The van der Waals surface area contributed by atoms with Crippen molar-refractivity contribution in [3.05, 3.63) is 44.9 Å². The number of nitrogens with zero attached hydrogens (tertiary/aromatic N) is 3. The zero-order chi connectivity index (χ0) is 14.0. The Kier molecular flexibility index (Phi) is 4.21. The van der Waals surface area contributed by atoms with Crippen molar-refractivity contribution in [1.29, 1.82) is 0 Å². The van der Waals surface area contributed by atoms with Gasteiger partial charge in [0.25, 0.3) is 5.91 Å². The highest BCUT2D eigenvalue weighted by molar-refractivity contribution is 9.10. The summed E-state index contributed by atoms with van der Waals surface area (Å²) in [4.78, 5) is 18.0. The Hall–Kier alpha value is -1.40. The third-order valence-electron chi connectivity index (χ3n) is 2.53. The van der Waals surface area contributed by atoms with Crippen LogP contribution in [0.5, 0.6) is 0 Å². The normalized spacial score (nSPS) is 10.5. The number of carbonyl (C=O) groups is 1. The Bertz CT molecular complexity index is 614. The molecule has 0 unspecified atom stereocenters. The van der Waals surface area contributed by atoms with E-state index in [1.807, 2.05) is 6.92 Å². The van der Waals surface area contributed by atoms with Gasteiger partial charge in [0, 0.05) is 16.5 Å². The van der Waals surface area contributed by atoms with Gasteiger partial charge in [-0.05, 0) is 41.1 Å². The van der Waals surface area contributed by atoms with Crippen LogP contribution < -0.4 is 0 Å². The number of amides is 1. The molecule has 0 atom stereocenters. The van der Waals surface area contributed by atoms with Crippen molar-refractivity contribution in [2.24, 2.45) is 0 Å². The molecule has 100 valence electrons. The van der Waals surface area contributed by atoms with Gasteiger partial charge in [-0.25, -0.2) is 4.98 Å². The van der Waals surface area contributed by atoms with E-state index >= 15 is 0 Å². The quantitative estimate of drug-likeness (QED) is 0.932. The molecule has 7 heteroatoms. The van der Waals surface area contributed by atoms with E-state index in [4.69, 9.17) is 11.6 Å². The van der Waals surface area contributed by atoms with E-state index in [0.717, 1.165) is 5.82 Å². The Morgan fingerprint density at radius 1 is 1.53 bits per heavy atom. The monoisotopic (exact) mass is 342 g/mol. The van der Waals surface area contributed by atoms with Crippen molar-refractivity contribution in [3.63, 3.8) is 0 Å². The fraction of sp³-hybridized carbons (Fsp3) is 0.250. The summed E-state index contributed by atoms with van der Waals surface area (Å²) in [5.74, 6) is 1.16. The summed E-state index contributed by atoms with van der Waals surface area (Å²) in [6.07, 6.45) is 0. The molecule has 1 aromatic carbocycles. The highest BCUT2D eigenvalue weighted by atomic mass is 79.9. The van der Waals surface area contributed by atoms with E-state index < -0.39 is 0 Å². The number of hydrogen-bond donors (Lipinski definition) is 1. The maximum Gasteiger partial charge on any atom is 0.255 e. The summed E-state index contributed by atoms with van der Waals surface area (Å²) < 4.78 is 0.708. The van der Waals surface area contributed by atoms with Crippen molar-refractivity contribution in [2.75, 3.05) is 7.05 Å². The summed E-state index contributed by atoms with van der Waals surface area (Å²) in [6, 6.07) is 5.11. The smallest absolute Gasteiger partial charge is 0.255 e. The third kappa shape index (κ3) is 3.33. The van der Waals surface area contributed by atoms with Gasteiger partial charge >= 0.3 is 0 Å². The lowest BCUT2D eigenvalue weighted by Crippen LogP contribution is -2.27. The lowest BCUT2D eigenvalue weighted by molar-refractivity contribution is 0.0781. The first-order chi connectivity index (χ1) is 8.97. The van der Waals surface area contributed by atoms with Gasteiger partial charge < -0.3 is 4.90 Å². The lowest BCUT2D eigenvalue weighted by Gasteiger charge is -2.16. The highest BCUT2D eigenvalue weighted by Crippen LogP contribution is 2.22. The van der Waals surface area contributed by atoms with Crippen LogP contribution in [0.15, 0.2) is 22.7 Å². The average molecular weight is 344 g/mol. The molecule has 0 bridgehead atoms. The second-order valence-electron chi connectivity index (χ2n) is 4.12. The van der Waals surface area contributed by atoms with Gasteiger partial charge in [-0.1, -0.05) is 11.6 Å². The van der Waals surface area contributed by atoms with Crippen LogP contribution in [0.3, 0.4) is 0 Å². The SMILES string of the molecule is Cc1nc(CN(C)C(=O)c2cc(Cl)ccc2Br)n[nH]1. The molecule has 1 heterocycles. The Morgan fingerprint density at radius 2 is 2.26 bits per heavy atom. The number of aromatic amines is 1. The molecule has 0 radical (unpaired) electrons. The minimum Gasteiger partial charge on any atom is -0.334 e. The third-order valence-corrected chi connectivity index (χ3v) is 3.45. The summed E-state index contributed by atoms with van der Waals surface area (Å²) in [7, 11) is 1.70. The summed E-state index contributed by atoms with van der Waals surface area (Å²) >= 11 is 9.25. The van der Waals surface area contributed by atoms with E-state index in [1.54, 1.807) is 30.1 Å². The molecule has 0 aliphatic heterocycles. The van der Waals surface area contributed by atoms with Crippen LogP contribution in [0.25, 0.3) is 0 Å². The van der Waals surface area contributed by atoms with Crippen LogP contribution in [0, 0.1) is 6.92 Å². The van der Waals surface area contributed by atoms with E-state index in [1.165, 1.54) is 0 Å². The topological polar surface area (TPSA) is 61.9 Å². The molecule has 0 saturated carbocycles. The van der Waals surface area contributed by atoms with Crippen LogP contribution in [0.2, 0.25) is 5.02 Å². The van der Waals surface area contributed by atoms with Crippen LogP contribution in [0.4, 0.5) is 0 Å². The molecular formula is C12H12BrClN4O. The van der Waals surface area contributed by atoms with Crippen molar-refractivity contribution >= 4 is 33.4 Å². The van der Waals surface area contributed by atoms with Crippen molar-refractivity contribution < 1.29 is 4.79 Å². The van der Waals surface area contributed by atoms with Crippen LogP contribution in [-0.4, -0.2) is 33.0 Å². The lowest BCUT2D eigenvalue weighted by atomic mass is 10.2. The number of benzene rings is 1. The molecule has 0 aliphatic rings. The highest BCUT2D eigenvalue weighted by Gasteiger charge is 2.17. The first-order valence-electron chi connectivity index (χ1n) is 5.56.